The van der Waals surface area contributed by atoms with Gasteiger partial charge >= 0.3 is 0 Å². The molecule has 0 saturated carbocycles. The Balaban J connectivity index is 2.65. The van der Waals surface area contributed by atoms with Crippen molar-refractivity contribution in [2.45, 2.75) is 65.4 Å². The Morgan fingerprint density at radius 2 is 1.74 bits per heavy atom. The average Bonchev–Trinajstić information content (AvgIpc) is 2.59. The average molecular weight is 400 g/mol. The van der Waals surface area contributed by atoms with Crippen LogP contribution in [0.15, 0.2) is 24.3 Å². The maximum absolute atomic E-state index is 11.4. The van der Waals surface area contributed by atoms with E-state index in [1.807, 2.05) is 18.2 Å². The van der Waals surface area contributed by atoms with Crippen LogP contribution in [0.4, 0.5) is 5.69 Å². The predicted octanol–water partition coefficient (Wildman–Crippen LogP) is 3.79. The van der Waals surface area contributed by atoms with Gasteiger partial charge in [-0.15, -0.1) is 0 Å². The molecule has 0 radical (unpaired) electrons. The van der Waals surface area contributed by atoms with Gasteiger partial charge in [0, 0.05) is 12.1 Å². The molecule has 0 bridgehead atoms. The van der Waals surface area contributed by atoms with Crippen molar-refractivity contribution in [3.63, 3.8) is 0 Å². The number of hydrogen-bond donors (Lipinski definition) is 2. The first-order chi connectivity index (χ1) is 12.7. The molecule has 2 N–H and O–H groups in total. The van der Waals surface area contributed by atoms with Crippen LogP contribution in [0.2, 0.25) is 0 Å². The molecule has 0 fully saturated rings. The van der Waals surface area contributed by atoms with E-state index in [9.17, 15) is 13.5 Å². The largest absolute Gasteiger partial charge is 0.387 e. The first-order valence-corrected chi connectivity index (χ1v) is 12.2. The van der Waals surface area contributed by atoms with E-state index in [0.29, 0.717) is 12.1 Å². The molecular formula is C21H39N2O3S+. The molecule has 1 aromatic rings. The second-order valence-corrected chi connectivity index (χ2v) is 9.48. The zero-order chi connectivity index (χ0) is 20.3. The molecular weight excluding hydrogens is 360 g/mol. The summed E-state index contributed by atoms with van der Waals surface area (Å²) in [7, 11) is -3.29. The third-order valence-corrected chi connectivity index (χ3v) is 5.98. The van der Waals surface area contributed by atoms with Gasteiger partial charge < -0.3 is 9.59 Å². The molecule has 0 saturated heterocycles. The number of nitrogens with zero attached hydrogens (tertiary/aromatic N) is 1. The minimum atomic E-state index is -3.29. The highest BCUT2D eigenvalue weighted by Crippen LogP contribution is 2.17. The summed E-state index contributed by atoms with van der Waals surface area (Å²) >= 11 is 0. The van der Waals surface area contributed by atoms with Crippen LogP contribution in [0.25, 0.3) is 0 Å². The fraction of sp³-hybridized carbons (Fsp3) is 0.714. The van der Waals surface area contributed by atoms with Crippen LogP contribution < -0.4 is 4.72 Å². The second-order valence-electron chi connectivity index (χ2n) is 7.73. The molecule has 0 aliphatic heterocycles. The van der Waals surface area contributed by atoms with E-state index < -0.39 is 16.1 Å². The van der Waals surface area contributed by atoms with Crippen molar-refractivity contribution in [1.82, 2.24) is 0 Å². The molecule has 156 valence electrons. The molecule has 1 aromatic carbocycles. The van der Waals surface area contributed by atoms with Crippen LogP contribution >= 0.6 is 0 Å². The molecule has 5 nitrogen and oxygen atoms in total. The number of rotatable bonds is 14. The summed E-state index contributed by atoms with van der Waals surface area (Å²) in [6, 6.07) is 7.30. The van der Waals surface area contributed by atoms with Gasteiger partial charge in [0.15, 0.2) is 0 Å². The minimum Gasteiger partial charge on any atom is -0.387 e. The van der Waals surface area contributed by atoms with E-state index in [1.54, 1.807) is 6.07 Å². The number of hydrogen-bond acceptors (Lipinski definition) is 3. The summed E-state index contributed by atoms with van der Waals surface area (Å²) in [5.74, 6) is 0. The van der Waals surface area contributed by atoms with Gasteiger partial charge in [0.25, 0.3) is 0 Å². The second kappa shape index (κ2) is 11.7. The van der Waals surface area contributed by atoms with Crippen molar-refractivity contribution in [3.05, 3.63) is 29.8 Å². The van der Waals surface area contributed by atoms with Crippen molar-refractivity contribution in [2.75, 3.05) is 37.2 Å². The van der Waals surface area contributed by atoms with Crippen LogP contribution in [0.1, 0.15) is 58.4 Å². The maximum Gasteiger partial charge on any atom is 0.229 e. The number of unbranched alkanes of at least 4 members (excludes halogenated alkanes) is 4. The first kappa shape index (κ1) is 23.9. The highest BCUT2D eigenvalue weighted by Gasteiger charge is 2.26. The molecule has 0 spiro atoms. The molecule has 0 aliphatic carbocycles. The normalized spacial score (nSPS) is 13.5. The smallest absolute Gasteiger partial charge is 0.229 e. The molecule has 27 heavy (non-hydrogen) atoms. The van der Waals surface area contributed by atoms with Crippen LogP contribution in [0.5, 0.6) is 0 Å². The topological polar surface area (TPSA) is 66.4 Å². The lowest BCUT2D eigenvalue weighted by atomic mass is 10.1. The Bertz CT molecular complexity index is 643. The van der Waals surface area contributed by atoms with E-state index in [-0.39, 0.29) is 0 Å². The SMILES string of the molecule is CCCCCCC[N+](CC)(CC)CC(O)Cc1cccc(NS(C)(=O)=O)c1. The van der Waals surface area contributed by atoms with E-state index in [1.165, 1.54) is 32.1 Å². The van der Waals surface area contributed by atoms with Gasteiger partial charge in [-0.25, -0.2) is 8.42 Å². The van der Waals surface area contributed by atoms with Gasteiger partial charge in [0.1, 0.15) is 12.6 Å². The fourth-order valence-electron chi connectivity index (χ4n) is 3.70. The lowest BCUT2D eigenvalue weighted by Gasteiger charge is -2.38. The predicted molar refractivity (Wildman–Crippen MR) is 114 cm³/mol. The summed E-state index contributed by atoms with van der Waals surface area (Å²) in [5, 5.41) is 10.7. The third kappa shape index (κ3) is 9.58. The molecule has 0 amide bonds. The zero-order valence-corrected chi connectivity index (χ0v) is 18.4. The van der Waals surface area contributed by atoms with Gasteiger partial charge in [-0.05, 0) is 44.4 Å². The molecule has 1 rings (SSSR count). The molecule has 0 aliphatic rings. The summed E-state index contributed by atoms with van der Waals surface area (Å²) in [5.41, 5.74) is 1.49. The van der Waals surface area contributed by atoms with Crippen molar-refractivity contribution in [3.8, 4) is 0 Å². The van der Waals surface area contributed by atoms with Gasteiger partial charge in [0.2, 0.25) is 10.0 Å². The number of sulfonamides is 1. The highest BCUT2D eigenvalue weighted by atomic mass is 32.2. The molecule has 1 unspecified atom stereocenters. The van der Waals surface area contributed by atoms with Crippen LogP contribution in [0, 0.1) is 0 Å². The Morgan fingerprint density at radius 1 is 1.07 bits per heavy atom. The number of aliphatic hydroxyl groups excluding tert-OH is 1. The quantitative estimate of drug-likeness (QED) is 0.369. The summed E-state index contributed by atoms with van der Waals surface area (Å²) < 4.78 is 26.2. The summed E-state index contributed by atoms with van der Waals surface area (Å²) in [6.07, 6.45) is 7.58. The number of nitrogens with one attached hydrogen (secondary N) is 1. The van der Waals surface area contributed by atoms with Crippen LogP contribution in [-0.4, -0.2) is 56.5 Å². The number of likely N-dealkylation sites (N-methyl/N-ethyl adjacent to an activating group) is 1. The Kier molecular flexibility index (Phi) is 10.3. The number of benzene rings is 1. The van der Waals surface area contributed by atoms with Gasteiger partial charge in [-0.1, -0.05) is 38.3 Å². The van der Waals surface area contributed by atoms with Gasteiger partial charge in [0.05, 0.1) is 25.9 Å². The molecule has 0 aromatic heterocycles. The lowest BCUT2D eigenvalue weighted by molar-refractivity contribution is -0.927. The van der Waals surface area contributed by atoms with E-state index >= 15 is 0 Å². The molecule has 0 heterocycles. The minimum absolute atomic E-state index is 0.436. The lowest BCUT2D eigenvalue weighted by Crippen LogP contribution is -2.53. The van der Waals surface area contributed by atoms with E-state index in [0.717, 1.165) is 42.5 Å². The standard InChI is InChI=1S/C21H39N2O3S/c1-5-8-9-10-11-15-23(6-2,7-3)18-21(24)17-19-13-12-14-20(16-19)22-27(4,25)26/h12-14,16,21-22,24H,5-11,15,17-18H2,1-4H3/q+1. The zero-order valence-electron chi connectivity index (χ0n) is 17.6. The van der Waals surface area contributed by atoms with Crippen LogP contribution in [0.3, 0.4) is 0 Å². The first-order valence-electron chi connectivity index (χ1n) is 10.3. The highest BCUT2D eigenvalue weighted by molar-refractivity contribution is 7.92. The van der Waals surface area contributed by atoms with Gasteiger partial charge in [-0.2, -0.15) is 0 Å². The maximum atomic E-state index is 11.4. The molecule has 1 atom stereocenters. The third-order valence-electron chi connectivity index (χ3n) is 5.38. The number of quaternary nitrogens is 1. The Morgan fingerprint density at radius 3 is 2.33 bits per heavy atom. The summed E-state index contributed by atoms with van der Waals surface area (Å²) in [4.78, 5) is 0. The molecule has 6 heteroatoms. The van der Waals surface area contributed by atoms with E-state index in [2.05, 4.69) is 25.5 Å². The number of aliphatic hydroxyl groups is 1. The summed E-state index contributed by atoms with van der Waals surface area (Å²) in [6.45, 7) is 10.6. The van der Waals surface area contributed by atoms with Crippen molar-refractivity contribution < 1.29 is 18.0 Å². The monoisotopic (exact) mass is 399 g/mol. The Labute approximate surface area is 166 Å². The van der Waals surface area contributed by atoms with Crippen LogP contribution in [-0.2, 0) is 16.4 Å². The van der Waals surface area contributed by atoms with E-state index in [4.69, 9.17) is 0 Å². The van der Waals surface area contributed by atoms with Gasteiger partial charge in [-0.3, -0.25) is 4.72 Å². The van der Waals surface area contributed by atoms with Crippen molar-refractivity contribution in [1.29, 1.82) is 0 Å². The van der Waals surface area contributed by atoms with Crippen molar-refractivity contribution >= 4 is 15.7 Å². The van der Waals surface area contributed by atoms with Crippen molar-refractivity contribution in [2.24, 2.45) is 0 Å². The number of anilines is 1. The fourth-order valence-corrected chi connectivity index (χ4v) is 4.25. The Hall–Kier alpha value is -1.11.